The lowest BCUT2D eigenvalue weighted by Gasteiger charge is -2.40. The molecule has 1 spiro atoms. The van der Waals surface area contributed by atoms with Gasteiger partial charge in [-0.05, 0) is 37.0 Å². The van der Waals surface area contributed by atoms with Gasteiger partial charge in [0.25, 0.3) is 11.8 Å². The fourth-order valence-corrected chi connectivity index (χ4v) is 3.53. The fourth-order valence-electron chi connectivity index (χ4n) is 3.53. The zero-order valence-corrected chi connectivity index (χ0v) is 15.3. The summed E-state index contributed by atoms with van der Waals surface area (Å²) in [4.78, 5) is 48.7. The van der Waals surface area contributed by atoms with Gasteiger partial charge in [-0.1, -0.05) is 20.8 Å². The molecule has 1 aliphatic heterocycles. The number of imide groups is 1. The molecule has 1 saturated carbocycles. The van der Waals surface area contributed by atoms with Gasteiger partial charge in [0.1, 0.15) is 12.1 Å². The Balaban J connectivity index is 1.96. The lowest BCUT2D eigenvalue weighted by atomic mass is 9.67. The Morgan fingerprint density at radius 3 is 2.40 bits per heavy atom. The number of carbonyl (C=O) groups excluding carboxylic acids is 4. The van der Waals surface area contributed by atoms with E-state index in [2.05, 4.69) is 31.4 Å². The Bertz CT molecular complexity index is 573. The monoisotopic (exact) mass is 353 g/mol. The van der Waals surface area contributed by atoms with Crippen molar-refractivity contribution in [1.82, 2.24) is 15.5 Å². The van der Waals surface area contributed by atoms with Crippen LogP contribution in [0.3, 0.4) is 0 Å². The molecular formula is C17H27N3O5. The summed E-state index contributed by atoms with van der Waals surface area (Å²) in [6.45, 7) is 5.63. The summed E-state index contributed by atoms with van der Waals surface area (Å²) in [5.74, 6) is -1.12. The van der Waals surface area contributed by atoms with E-state index in [1.54, 1.807) is 0 Å². The summed E-state index contributed by atoms with van der Waals surface area (Å²) in [5.41, 5.74) is -0.740. The highest BCUT2D eigenvalue weighted by molar-refractivity contribution is 6.08. The van der Waals surface area contributed by atoms with Crippen LogP contribution < -0.4 is 10.6 Å². The average molecular weight is 353 g/mol. The lowest BCUT2D eigenvalue weighted by molar-refractivity contribution is -0.151. The highest BCUT2D eigenvalue weighted by Crippen LogP contribution is 2.43. The number of likely N-dealkylation sites (N-methyl/N-ethyl adjacent to an activating group) is 1. The van der Waals surface area contributed by atoms with Crippen molar-refractivity contribution in [2.45, 2.75) is 52.0 Å². The smallest absolute Gasteiger partial charge is 0.326 e. The van der Waals surface area contributed by atoms with Gasteiger partial charge >= 0.3 is 12.0 Å². The highest BCUT2D eigenvalue weighted by atomic mass is 16.5. The van der Waals surface area contributed by atoms with Crippen LogP contribution in [0.25, 0.3) is 0 Å². The molecule has 0 aromatic carbocycles. The summed E-state index contributed by atoms with van der Waals surface area (Å²) in [5, 5.41) is 5.09. The molecule has 0 aromatic heterocycles. The Morgan fingerprint density at radius 1 is 1.28 bits per heavy atom. The van der Waals surface area contributed by atoms with Gasteiger partial charge in [0.15, 0.2) is 6.61 Å². The van der Waals surface area contributed by atoms with Gasteiger partial charge in [-0.3, -0.25) is 19.3 Å². The van der Waals surface area contributed by atoms with Gasteiger partial charge in [0.05, 0.1) is 0 Å². The fraction of sp³-hybridized carbons (Fsp3) is 0.765. The Kier molecular flexibility index (Phi) is 5.39. The molecule has 2 rings (SSSR count). The molecule has 0 atom stereocenters. The summed E-state index contributed by atoms with van der Waals surface area (Å²) in [6, 6.07) is -0.573. The zero-order chi connectivity index (χ0) is 18.8. The normalized spacial score (nSPS) is 26.6. The number of esters is 1. The van der Waals surface area contributed by atoms with Crippen molar-refractivity contribution >= 4 is 23.8 Å². The first-order chi connectivity index (χ1) is 11.6. The van der Waals surface area contributed by atoms with Crippen molar-refractivity contribution in [1.29, 1.82) is 0 Å². The topological polar surface area (TPSA) is 105 Å². The van der Waals surface area contributed by atoms with Gasteiger partial charge in [0, 0.05) is 7.05 Å². The van der Waals surface area contributed by atoms with Crippen LogP contribution >= 0.6 is 0 Å². The first kappa shape index (κ1) is 19.2. The molecule has 2 fully saturated rings. The average Bonchev–Trinajstić information content (AvgIpc) is 2.76. The molecule has 1 saturated heterocycles. The number of nitrogens with one attached hydrogen (secondary N) is 2. The molecule has 4 amide bonds. The second-order valence-electron chi connectivity index (χ2n) is 7.88. The van der Waals surface area contributed by atoms with E-state index in [4.69, 9.17) is 4.74 Å². The molecule has 2 N–H and O–H groups in total. The third-order valence-electron chi connectivity index (χ3n) is 5.24. The van der Waals surface area contributed by atoms with Crippen molar-refractivity contribution in [2.24, 2.45) is 11.3 Å². The quantitative estimate of drug-likeness (QED) is 0.575. The van der Waals surface area contributed by atoms with Crippen LogP contribution in [0, 0.1) is 11.3 Å². The molecule has 0 bridgehead atoms. The maximum Gasteiger partial charge on any atom is 0.326 e. The van der Waals surface area contributed by atoms with Crippen LogP contribution in [0.15, 0.2) is 0 Å². The number of carbonyl (C=O) groups is 4. The van der Waals surface area contributed by atoms with E-state index in [0.717, 1.165) is 17.7 Å². The largest absolute Gasteiger partial charge is 0.454 e. The van der Waals surface area contributed by atoms with Gasteiger partial charge in [-0.25, -0.2) is 4.79 Å². The standard InChI is InChI=1S/C17H27N3O5/c1-16(2,3)11-5-7-17(8-6-11)14(23)20(15(24)19-17)9-13(22)25-10-12(21)18-4/h11H,5-10H2,1-4H3,(H,18,21)(H,19,24). The summed E-state index contributed by atoms with van der Waals surface area (Å²) >= 11 is 0. The zero-order valence-electron chi connectivity index (χ0n) is 15.3. The molecule has 0 aromatic rings. The Hall–Kier alpha value is -2.12. The predicted molar refractivity (Wildman–Crippen MR) is 89.4 cm³/mol. The van der Waals surface area contributed by atoms with Crippen molar-refractivity contribution in [3.63, 3.8) is 0 Å². The molecule has 25 heavy (non-hydrogen) atoms. The number of hydrogen-bond acceptors (Lipinski definition) is 5. The minimum absolute atomic E-state index is 0.163. The van der Waals surface area contributed by atoms with E-state index in [1.165, 1.54) is 7.05 Å². The Labute approximate surface area is 147 Å². The number of hydrogen-bond donors (Lipinski definition) is 2. The summed E-state index contributed by atoms with van der Waals surface area (Å²) < 4.78 is 4.77. The minimum atomic E-state index is -0.903. The second-order valence-corrected chi connectivity index (χ2v) is 7.88. The van der Waals surface area contributed by atoms with E-state index in [0.29, 0.717) is 18.8 Å². The van der Waals surface area contributed by atoms with E-state index in [9.17, 15) is 19.2 Å². The van der Waals surface area contributed by atoms with E-state index in [-0.39, 0.29) is 11.3 Å². The molecule has 8 nitrogen and oxygen atoms in total. The first-order valence-corrected chi connectivity index (χ1v) is 8.59. The van der Waals surface area contributed by atoms with Gasteiger partial charge in [-0.15, -0.1) is 0 Å². The maximum atomic E-state index is 12.7. The van der Waals surface area contributed by atoms with Crippen molar-refractivity contribution in [3.8, 4) is 0 Å². The molecule has 0 unspecified atom stereocenters. The molecule has 140 valence electrons. The van der Waals surface area contributed by atoms with Crippen LogP contribution in [0.4, 0.5) is 4.79 Å². The summed E-state index contributed by atoms with van der Waals surface area (Å²) in [7, 11) is 1.42. The van der Waals surface area contributed by atoms with Crippen molar-refractivity contribution in [3.05, 3.63) is 0 Å². The van der Waals surface area contributed by atoms with Crippen LogP contribution in [0.5, 0.6) is 0 Å². The molecule has 8 heteroatoms. The van der Waals surface area contributed by atoms with E-state index < -0.39 is 36.6 Å². The minimum Gasteiger partial charge on any atom is -0.454 e. The van der Waals surface area contributed by atoms with Crippen LogP contribution in [0.1, 0.15) is 46.5 Å². The van der Waals surface area contributed by atoms with Crippen LogP contribution in [0.2, 0.25) is 0 Å². The lowest BCUT2D eigenvalue weighted by Crippen LogP contribution is -2.50. The van der Waals surface area contributed by atoms with Gasteiger partial charge in [-0.2, -0.15) is 0 Å². The third-order valence-corrected chi connectivity index (χ3v) is 5.24. The predicted octanol–water partition coefficient (Wildman–Crippen LogP) is 0.802. The van der Waals surface area contributed by atoms with Gasteiger partial charge in [0.2, 0.25) is 0 Å². The van der Waals surface area contributed by atoms with E-state index >= 15 is 0 Å². The van der Waals surface area contributed by atoms with Crippen molar-refractivity contribution < 1.29 is 23.9 Å². The molecule has 2 aliphatic rings. The van der Waals surface area contributed by atoms with Crippen LogP contribution in [-0.2, 0) is 19.1 Å². The van der Waals surface area contributed by atoms with Gasteiger partial charge < -0.3 is 15.4 Å². The number of ether oxygens (including phenoxy) is 1. The highest BCUT2D eigenvalue weighted by Gasteiger charge is 2.53. The molecule has 1 aliphatic carbocycles. The summed E-state index contributed by atoms with van der Waals surface area (Å²) in [6.07, 6.45) is 2.85. The second kappa shape index (κ2) is 7.01. The molecule has 1 heterocycles. The Morgan fingerprint density at radius 2 is 1.88 bits per heavy atom. The first-order valence-electron chi connectivity index (χ1n) is 8.59. The number of rotatable bonds is 4. The van der Waals surface area contributed by atoms with Crippen molar-refractivity contribution in [2.75, 3.05) is 20.2 Å². The maximum absolute atomic E-state index is 12.7. The van der Waals surface area contributed by atoms with E-state index in [1.807, 2.05) is 0 Å². The number of urea groups is 1. The van der Waals surface area contributed by atoms with Crippen LogP contribution in [-0.4, -0.2) is 54.5 Å². The SMILES string of the molecule is CNC(=O)COC(=O)CN1C(=O)NC2(CCC(C(C)(C)C)CC2)C1=O. The third kappa shape index (κ3) is 4.11. The number of amides is 4. The number of nitrogens with zero attached hydrogens (tertiary/aromatic N) is 1. The molecular weight excluding hydrogens is 326 g/mol. The molecule has 0 radical (unpaired) electrons.